The van der Waals surface area contributed by atoms with Gasteiger partial charge in [0.25, 0.3) is 0 Å². The Morgan fingerprint density at radius 1 is 1.05 bits per heavy atom. The lowest BCUT2D eigenvalue weighted by Crippen LogP contribution is -2.12. The number of nitro benzene ring substituents is 1. The number of nitro groups is 1. The first-order chi connectivity index (χ1) is 9.16. The summed E-state index contributed by atoms with van der Waals surface area (Å²) in [5.74, 6) is -0.802. The molecular formula is C14H13FN2O2. The van der Waals surface area contributed by atoms with Crippen LogP contribution in [0.1, 0.15) is 11.1 Å². The number of halogens is 1. The molecule has 0 amide bonds. The average molecular weight is 260 g/mol. The second kappa shape index (κ2) is 6.06. The maximum absolute atomic E-state index is 13.4. The SMILES string of the molecule is O=[N+]([O-])c1ccc(CNCc2ccccc2)cc1F. The highest BCUT2D eigenvalue weighted by molar-refractivity contribution is 5.35. The van der Waals surface area contributed by atoms with Crippen LogP contribution >= 0.6 is 0 Å². The van der Waals surface area contributed by atoms with E-state index in [0.29, 0.717) is 18.7 Å². The summed E-state index contributed by atoms with van der Waals surface area (Å²) in [6, 6.07) is 13.7. The average Bonchev–Trinajstić information content (AvgIpc) is 2.39. The molecule has 0 fully saturated rings. The molecule has 0 bridgehead atoms. The molecule has 5 heteroatoms. The molecule has 0 heterocycles. The minimum absolute atomic E-state index is 0.462. The largest absolute Gasteiger partial charge is 0.309 e. The van der Waals surface area contributed by atoms with E-state index in [1.165, 1.54) is 12.1 Å². The summed E-state index contributed by atoms with van der Waals surface area (Å²) >= 11 is 0. The quantitative estimate of drug-likeness (QED) is 0.664. The third-order valence-electron chi connectivity index (χ3n) is 2.71. The smallest absolute Gasteiger partial charge is 0.304 e. The third kappa shape index (κ3) is 3.59. The van der Waals surface area contributed by atoms with E-state index in [0.717, 1.165) is 5.56 Å². The fourth-order valence-corrected chi connectivity index (χ4v) is 1.76. The first-order valence-corrected chi connectivity index (χ1v) is 5.84. The molecule has 0 spiro atoms. The van der Waals surface area contributed by atoms with E-state index in [1.54, 1.807) is 6.07 Å². The molecule has 0 aliphatic heterocycles. The Morgan fingerprint density at radius 2 is 1.74 bits per heavy atom. The van der Waals surface area contributed by atoms with Gasteiger partial charge in [-0.1, -0.05) is 36.4 Å². The lowest BCUT2D eigenvalue weighted by atomic mass is 10.2. The Hall–Kier alpha value is -2.27. The van der Waals surface area contributed by atoms with Gasteiger partial charge in [0.1, 0.15) is 0 Å². The molecule has 2 aromatic rings. The van der Waals surface area contributed by atoms with Gasteiger partial charge in [-0.15, -0.1) is 0 Å². The maximum atomic E-state index is 13.4. The minimum Gasteiger partial charge on any atom is -0.309 e. The van der Waals surface area contributed by atoms with Gasteiger partial charge in [-0.25, -0.2) is 0 Å². The van der Waals surface area contributed by atoms with E-state index in [1.807, 2.05) is 30.3 Å². The summed E-state index contributed by atoms with van der Waals surface area (Å²) in [6.07, 6.45) is 0. The number of rotatable bonds is 5. The van der Waals surface area contributed by atoms with Gasteiger partial charge in [0.05, 0.1) is 4.92 Å². The van der Waals surface area contributed by atoms with Crippen molar-refractivity contribution in [3.63, 3.8) is 0 Å². The van der Waals surface area contributed by atoms with Gasteiger partial charge >= 0.3 is 5.69 Å². The van der Waals surface area contributed by atoms with Crippen LogP contribution in [0.2, 0.25) is 0 Å². The second-order valence-corrected chi connectivity index (χ2v) is 4.13. The van der Waals surface area contributed by atoms with Crippen molar-refractivity contribution in [3.05, 3.63) is 75.6 Å². The number of nitrogens with zero attached hydrogens (tertiary/aromatic N) is 1. The fourth-order valence-electron chi connectivity index (χ4n) is 1.76. The molecule has 0 radical (unpaired) electrons. The second-order valence-electron chi connectivity index (χ2n) is 4.13. The van der Waals surface area contributed by atoms with Crippen LogP contribution in [-0.4, -0.2) is 4.92 Å². The normalized spacial score (nSPS) is 10.4. The Bertz CT molecular complexity index is 573. The predicted octanol–water partition coefficient (Wildman–Crippen LogP) is 3.02. The molecule has 0 aliphatic rings. The number of nitrogens with one attached hydrogen (secondary N) is 1. The summed E-state index contributed by atoms with van der Waals surface area (Å²) < 4.78 is 13.4. The van der Waals surface area contributed by atoms with Crippen LogP contribution in [0.15, 0.2) is 48.5 Å². The van der Waals surface area contributed by atoms with Crippen molar-refractivity contribution in [2.75, 3.05) is 0 Å². The standard InChI is InChI=1S/C14H13FN2O2/c15-13-8-12(6-7-14(13)17(18)19)10-16-9-11-4-2-1-3-5-11/h1-8,16H,9-10H2. The topological polar surface area (TPSA) is 55.2 Å². The molecule has 4 nitrogen and oxygen atoms in total. The minimum atomic E-state index is -0.802. The van der Waals surface area contributed by atoms with Crippen molar-refractivity contribution < 1.29 is 9.31 Å². The molecule has 0 unspecified atom stereocenters. The molecule has 0 aromatic heterocycles. The highest BCUT2D eigenvalue weighted by atomic mass is 19.1. The molecule has 0 saturated carbocycles. The van der Waals surface area contributed by atoms with Crippen LogP contribution in [0.25, 0.3) is 0 Å². The van der Waals surface area contributed by atoms with Crippen LogP contribution < -0.4 is 5.32 Å². The monoisotopic (exact) mass is 260 g/mol. The Balaban J connectivity index is 1.93. The van der Waals surface area contributed by atoms with Gasteiger partial charge in [0, 0.05) is 19.2 Å². The van der Waals surface area contributed by atoms with E-state index in [9.17, 15) is 14.5 Å². The van der Waals surface area contributed by atoms with Crippen molar-refractivity contribution in [2.24, 2.45) is 0 Å². The number of benzene rings is 2. The molecule has 98 valence electrons. The maximum Gasteiger partial charge on any atom is 0.304 e. The molecule has 2 aromatic carbocycles. The van der Waals surface area contributed by atoms with Crippen molar-refractivity contribution in [3.8, 4) is 0 Å². The molecule has 2 rings (SSSR count). The lowest BCUT2D eigenvalue weighted by molar-refractivity contribution is -0.387. The lowest BCUT2D eigenvalue weighted by Gasteiger charge is -2.05. The summed E-state index contributed by atoms with van der Waals surface area (Å²) in [6.45, 7) is 1.13. The molecule has 1 N–H and O–H groups in total. The number of hydrogen-bond acceptors (Lipinski definition) is 3. The van der Waals surface area contributed by atoms with Crippen molar-refractivity contribution >= 4 is 5.69 Å². The predicted molar refractivity (Wildman–Crippen MR) is 70.0 cm³/mol. The zero-order valence-electron chi connectivity index (χ0n) is 10.2. The molecule has 0 aliphatic carbocycles. The Labute approximate surface area is 110 Å². The van der Waals surface area contributed by atoms with Crippen LogP contribution in [-0.2, 0) is 13.1 Å². The van der Waals surface area contributed by atoms with Gasteiger partial charge < -0.3 is 5.32 Å². The van der Waals surface area contributed by atoms with Crippen molar-refractivity contribution in [1.82, 2.24) is 5.32 Å². The molecule has 0 atom stereocenters. The van der Waals surface area contributed by atoms with Gasteiger partial charge in [-0.2, -0.15) is 4.39 Å². The highest BCUT2D eigenvalue weighted by Gasteiger charge is 2.13. The first-order valence-electron chi connectivity index (χ1n) is 5.84. The summed E-state index contributed by atoms with van der Waals surface area (Å²) in [4.78, 5) is 9.76. The van der Waals surface area contributed by atoms with Gasteiger partial charge in [0.15, 0.2) is 0 Å². The van der Waals surface area contributed by atoms with E-state index in [4.69, 9.17) is 0 Å². The van der Waals surface area contributed by atoms with E-state index >= 15 is 0 Å². The van der Waals surface area contributed by atoms with Gasteiger partial charge in [-0.3, -0.25) is 10.1 Å². The first kappa shape index (κ1) is 13.2. The summed E-state index contributed by atoms with van der Waals surface area (Å²) in [5.41, 5.74) is 1.32. The zero-order chi connectivity index (χ0) is 13.7. The number of hydrogen-bond donors (Lipinski definition) is 1. The molecule has 0 saturated heterocycles. The van der Waals surface area contributed by atoms with E-state index < -0.39 is 16.4 Å². The zero-order valence-corrected chi connectivity index (χ0v) is 10.2. The van der Waals surface area contributed by atoms with Crippen LogP contribution in [0.3, 0.4) is 0 Å². The van der Waals surface area contributed by atoms with Gasteiger partial charge in [-0.05, 0) is 17.2 Å². The van der Waals surface area contributed by atoms with Crippen molar-refractivity contribution in [2.45, 2.75) is 13.1 Å². The van der Waals surface area contributed by atoms with E-state index in [2.05, 4.69) is 5.32 Å². The van der Waals surface area contributed by atoms with Crippen LogP contribution in [0, 0.1) is 15.9 Å². The Morgan fingerprint density at radius 3 is 2.37 bits per heavy atom. The summed E-state index contributed by atoms with van der Waals surface area (Å²) in [5, 5.41) is 13.6. The van der Waals surface area contributed by atoms with Crippen LogP contribution in [0.5, 0.6) is 0 Å². The summed E-state index contributed by atoms with van der Waals surface area (Å²) in [7, 11) is 0. The van der Waals surface area contributed by atoms with Crippen LogP contribution in [0.4, 0.5) is 10.1 Å². The Kier molecular flexibility index (Phi) is 4.20. The fraction of sp³-hybridized carbons (Fsp3) is 0.143. The van der Waals surface area contributed by atoms with Crippen molar-refractivity contribution in [1.29, 1.82) is 0 Å². The molecular weight excluding hydrogens is 247 g/mol. The van der Waals surface area contributed by atoms with Gasteiger partial charge in [0.2, 0.25) is 5.82 Å². The third-order valence-corrected chi connectivity index (χ3v) is 2.71. The molecule has 19 heavy (non-hydrogen) atoms. The van der Waals surface area contributed by atoms with E-state index in [-0.39, 0.29) is 0 Å². The highest BCUT2D eigenvalue weighted by Crippen LogP contribution is 2.17.